The minimum atomic E-state index is 0.364. The van der Waals surface area contributed by atoms with Crippen LogP contribution in [0.25, 0.3) is 11.5 Å². The van der Waals surface area contributed by atoms with Gasteiger partial charge in [-0.05, 0) is 19.1 Å². The van der Waals surface area contributed by atoms with Crippen molar-refractivity contribution in [2.24, 2.45) is 0 Å². The molecule has 0 radical (unpaired) electrons. The van der Waals surface area contributed by atoms with Crippen molar-refractivity contribution in [1.82, 2.24) is 15.0 Å². The number of hydrogen-bond donors (Lipinski definition) is 1. The third-order valence-corrected chi connectivity index (χ3v) is 2.39. The summed E-state index contributed by atoms with van der Waals surface area (Å²) < 4.78 is 0. The van der Waals surface area contributed by atoms with Crippen LogP contribution in [-0.2, 0) is 0 Å². The van der Waals surface area contributed by atoms with Crippen LogP contribution in [0.2, 0.25) is 5.15 Å². The van der Waals surface area contributed by atoms with Gasteiger partial charge in [0.1, 0.15) is 16.7 Å². The number of anilines is 1. The molecular formula is C12H15ClN4. The predicted molar refractivity (Wildman–Crippen MR) is 70.8 cm³/mol. The second-order valence-corrected chi connectivity index (χ2v) is 3.42. The zero-order valence-electron chi connectivity index (χ0n) is 10.1. The Hall–Kier alpha value is -1.68. The minimum absolute atomic E-state index is 0.364. The SMILES string of the molecule is CC.Cc1c(N)nc(-c2ccccn2)nc1Cl. The number of aromatic nitrogens is 3. The number of halogens is 1. The molecule has 0 aliphatic carbocycles. The summed E-state index contributed by atoms with van der Waals surface area (Å²) >= 11 is 5.91. The summed E-state index contributed by atoms with van der Waals surface area (Å²) in [7, 11) is 0. The molecular weight excluding hydrogens is 236 g/mol. The number of nitrogen functional groups attached to an aromatic ring is 1. The molecule has 2 aromatic rings. The molecule has 5 heteroatoms. The van der Waals surface area contributed by atoms with Crippen LogP contribution < -0.4 is 5.73 Å². The molecule has 0 aliphatic heterocycles. The van der Waals surface area contributed by atoms with Crippen molar-refractivity contribution in [2.45, 2.75) is 20.8 Å². The topological polar surface area (TPSA) is 64.7 Å². The molecule has 0 amide bonds. The summed E-state index contributed by atoms with van der Waals surface area (Å²) in [6.45, 7) is 5.78. The van der Waals surface area contributed by atoms with Gasteiger partial charge in [0.25, 0.3) is 0 Å². The van der Waals surface area contributed by atoms with Crippen molar-refractivity contribution >= 4 is 17.4 Å². The van der Waals surface area contributed by atoms with E-state index in [1.807, 2.05) is 26.0 Å². The Morgan fingerprint density at radius 3 is 2.41 bits per heavy atom. The average Bonchev–Trinajstić information content (AvgIpc) is 2.39. The van der Waals surface area contributed by atoms with Crippen molar-refractivity contribution in [3.63, 3.8) is 0 Å². The maximum atomic E-state index is 5.91. The molecule has 0 unspecified atom stereocenters. The Kier molecular flexibility index (Phi) is 4.84. The fourth-order valence-corrected chi connectivity index (χ4v) is 1.29. The molecule has 0 fully saturated rings. The Bertz CT molecular complexity index is 462. The largest absolute Gasteiger partial charge is 0.383 e. The van der Waals surface area contributed by atoms with Crippen molar-refractivity contribution in [1.29, 1.82) is 0 Å². The maximum absolute atomic E-state index is 5.91. The Morgan fingerprint density at radius 2 is 1.88 bits per heavy atom. The van der Waals surface area contributed by atoms with Gasteiger partial charge >= 0.3 is 0 Å². The van der Waals surface area contributed by atoms with E-state index in [4.69, 9.17) is 17.3 Å². The van der Waals surface area contributed by atoms with Crippen molar-refractivity contribution < 1.29 is 0 Å². The Morgan fingerprint density at radius 1 is 1.18 bits per heavy atom. The molecule has 0 bridgehead atoms. The van der Waals surface area contributed by atoms with E-state index in [0.29, 0.717) is 28.1 Å². The van der Waals surface area contributed by atoms with E-state index in [1.54, 1.807) is 19.2 Å². The van der Waals surface area contributed by atoms with E-state index in [-0.39, 0.29) is 0 Å². The lowest BCUT2D eigenvalue weighted by Gasteiger charge is -2.04. The van der Waals surface area contributed by atoms with Gasteiger partial charge in [-0.15, -0.1) is 0 Å². The van der Waals surface area contributed by atoms with Gasteiger partial charge in [0.2, 0.25) is 0 Å². The minimum Gasteiger partial charge on any atom is -0.383 e. The molecule has 0 spiro atoms. The van der Waals surface area contributed by atoms with E-state index in [0.717, 1.165) is 0 Å². The summed E-state index contributed by atoms with van der Waals surface area (Å²) in [5, 5.41) is 0.364. The molecule has 0 aliphatic rings. The molecule has 90 valence electrons. The molecule has 17 heavy (non-hydrogen) atoms. The highest BCUT2D eigenvalue weighted by atomic mass is 35.5. The van der Waals surface area contributed by atoms with E-state index < -0.39 is 0 Å². The van der Waals surface area contributed by atoms with E-state index in [9.17, 15) is 0 Å². The zero-order chi connectivity index (χ0) is 12.8. The highest BCUT2D eigenvalue weighted by Crippen LogP contribution is 2.21. The van der Waals surface area contributed by atoms with Crippen LogP contribution in [0.3, 0.4) is 0 Å². The van der Waals surface area contributed by atoms with Gasteiger partial charge in [-0.3, -0.25) is 4.98 Å². The van der Waals surface area contributed by atoms with Gasteiger partial charge < -0.3 is 5.73 Å². The van der Waals surface area contributed by atoms with Gasteiger partial charge in [0.05, 0.1) is 0 Å². The van der Waals surface area contributed by atoms with Crippen molar-refractivity contribution in [2.75, 3.05) is 5.73 Å². The smallest absolute Gasteiger partial charge is 0.181 e. The molecule has 2 N–H and O–H groups in total. The lowest BCUT2D eigenvalue weighted by Crippen LogP contribution is -2.00. The second kappa shape index (κ2) is 6.15. The third kappa shape index (κ3) is 3.14. The number of nitrogens with zero attached hydrogens (tertiary/aromatic N) is 3. The first-order valence-corrected chi connectivity index (χ1v) is 5.77. The monoisotopic (exact) mass is 250 g/mol. The highest BCUT2D eigenvalue weighted by molar-refractivity contribution is 6.30. The summed E-state index contributed by atoms with van der Waals surface area (Å²) in [5.74, 6) is 0.833. The van der Waals surface area contributed by atoms with Crippen LogP contribution >= 0.6 is 11.6 Å². The van der Waals surface area contributed by atoms with Gasteiger partial charge in [-0.2, -0.15) is 0 Å². The van der Waals surface area contributed by atoms with Crippen LogP contribution in [0.4, 0.5) is 5.82 Å². The van der Waals surface area contributed by atoms with E-state index in [2.05, 4.69) is 15.0 Å². The molecule has 0 saturated heterocycles. The standard InChI is InChI=1S/C10H9ClN4.C2H6/c1-6-8(11)14-10(15-9(6)12)7-4-2-3-5-13-7;1-2/h2-5H,1H3,(H2,12,14,15);1-2H3. The number of nitrogens with two attached hydrogens (primary N) is 1. The van der Waals surface area contributed by atoms with Gasteiger partial charge in [-0.1, -0.05) is 31.5 Å². The molecule has 2 heterocycles. The maximum Gasteiger partial charge on any atom is 0.181 e. The fourth-order valence-electron chi connectivity index (χ4n) is 1.12. The van der Waals surface area contributed by atoms with Crippen LogP contribution in [0.5, 0.6) is 0 Å². The third-order valence-electron chi connectivity index (χ3n) is 2.02. The van der Waals surface area contributed by atoms with Crippen LogP contribution in [0.1, 0.15) is 19.4 Å². The number of rotatable bonds is 1. The predicted octanol–water partition coefficient (Wildman–Crippen LogP) is 3.11. The van der Waals surface area contributed by atoms with Crippen molar-refractivity contribution in [3.05, 3.63) is 35.1 Å². The summed E-state index contributed by atoms with van der Waals surface area (Å²) in [6.07, 6.45) is 1.67. The van der Waals surface area contributed by atoms with E-state index in [1.165, 1.54) is 0 Å². The summed E-state index contributed by atoms with van der Waals surface area (Å²) in [4.78, 5) is 12.4. The highest BCUT2D eigenvalue weighted by Gasteiger charge is 2.08. The Balaban J connectivity index is 0.000000686. The molecule has 4 nitrogen and oxygen atoms in total. The average molecular weight is 251 g/mol. The lowest BCUT2D eigenvalue weighted by atomic mass is 10.3. The summed E-state index contributed by atoms with van der Waals surface area (Å²) in [5.41, 5.74) is 7.04. The Labute approximate surface area is 106 Å². The van der Waals surface area contributed by atoms with Crippen LogP contribution in [-0.4, -0.2) is 15.0 Å². The summed E-state index contributed by atoms with van der Waals surface area (Å²) in [6, 6.07) is 5.48. The van der Waals surface area contributed by atoms with Gasteiger partial charge in [0.15, 0.2) is 5.82 Å². The second-order valence-electron chi connectivity index (χ2n) is 3.06. The molecule has 0 aromatic carbocycles. The molecule has 0 atom stereocenters. The molecule has 2 aromatic heterocycles. The van der Waals surface area contributed by atoms with Gasteiger partial charge in [0, 0.05) is 11.8 Å². The quantitative estimate of drug-likeness (QED) is 0.790. The van der Waals surface area contributed by atoms with Crippen LogP contribution in [0.15, 0.2) is 24.4 Å². The first-order valence-electron chi connectivity index (χ1n) is 5.39. The molecule has 2 rings (SSSR count). The number of hydrogen-bond acceptors (Lipinski definition) is 4. The lowest BCUT2D eigenvalue weighted by molar-refractivity contribution is 1.12. The fraction of sp³-hybridized carbons (Fsp3) is 0.250. The molecule has 0 saturated carbocycles. The van der Waals surface area contributed by atoms with Crippen molar-refractivity contribution in [3.8, 4) is 11.5 Å². The normalized spacial score (nSPS) is 9.41. The van der Waals surface area contributed by atoms with Crippen LogP contribution in [0, 0.1) is 6.92 Å². The number of pyridine rings is 1. The van der Waals surface area contributed by atoms with E-state index >= 15 is 0 Å². The first kappa shape index (κ1) is 13.4. The zero-order valence-corrected chi connectivity index (χ0v) is 10.9. The first-order chi connectivity index (χ1) is 8.18. The van der Waals surface area contributed by atoms with Gasteiger partial charge in [-0.25, -0.2) is 9.97 Å².